The summed E-state index contributed by atoms with van der Waals surface area (Å²) < 4.78 is 11.0. The monoisotopic (exact) mass is 929 g/mol. The maximum Gasteiger partial charge on any atom is 0.293 e. The van der Waals surface area contributed by atoms with E-state index in [1.807, 2.05) is 54.7 Å². The minimum atomic E-state index is 0. The summed E-state index contributed by atoms with van der Waals surface area (Å²) in [4.78, 5) is 11.7. The molecule has 0 atom stereocenters. The van der Waals surface area contributed by atoms with Gasteiger partial charge in [0, 0.05) is 73.1 Å². The first-order valence-corrected chi connectivity index (χ1v) is 18.6. The molecule has 0 amide bonds. The van der Waals surface area contributed by atoms with Crippen LogP contribution in [-0.4, -0.2) is 23.3 Å². The molecular weight excluding hydrogens is 893 g/mol. The molecule has 0 spiro atoms. The third kappa shape index (κ3) is 6.91. The van der Waals surface area contributed by atoms with Crippen molar-refractivity contribution in [1.82, 2.24) is 23.3 Å². The summed E-state index contributed by atoms with van der Waals surface area (Å²) in [7, 11) is 0. The predicted octanol–water partition coefficient (Wildman–Crippen LogP) is 11.1. The maximum absolute atomic E-state index is 7.42. The number of rotatable bonds is 6. The molecule has 0 saturated carbocycles. The van der Waals surface area contributed by atoms with E-state index in [4.69, 9.17) is 13.1 Å². The molecule has 5 aromatic carbocycles. The maximum atomic E-state index is 7.42. The van der Waals surface area contributed by atoms with Crippen LogP contribution in [-0.2, 0) is 26.7 Å². The molecule has 58 heavy (non-hydrogen) atoms. The Kier molecular flexibility index (Phi) is 10.4. The number of aryl methyl sites for hydroxylation is 1. The predicted molar refractivity (Wildman–Crippen MR) is 224 cm³/mol. The van der Waals surface area contributed by atoms with Crippen molar-refractivity contribution in [2.75, 3.05) is 0 Å². The molecular formula is C49H36IrN8. The molecule has 0 fully saturated rings. The van der Waals surface area contributed by atoms with Gasteiger partial charge in [-0.15, -0.1) is 23.8 Å². The molecule has 5 heterocycles. The minimum absolute atomic E-state index is 0. The fourth-order valence-corrected chi connectivity index (χ4v) is 7.73. The van der Waals surface area contributed by atoms with E-state index in [1.165, 1.54) is 16.7 Å². The summed E-state index contributed by atoms with van der Waals surface area (Å²) in [5.74, 6) is 1.90. The Bertz CT molecular complexity index is 2970. The van der Waals surface area contributed by atoms with Gasteiger partial charge in [0.1, 0.15) is 24.6 Å². The Labute approximate surface area is 351 Å². The van der Waals surface area contributed by atoms with Gasteiger partial charge in [-0.3, -0.25) is 9.83 Å². The van der Waals surface area contributed by atoms with E-state index in [9.17, 15) is 0 Å². The van der Waals surface area contributed by atoms with Crippen molar-refractivity contribution in [1.29, 1.82) is 0 Å². The topological polar surface area (TPSA) is 45.2 Å². The number of nitrogens with zero attached hydrogens (tertiary/aromatic N) is 8. The summed E-state index contributed by atoms with van der Waals surface area (Å²) in [6.07, 6.45) is 14.5. The summed E-state index contributed by atoms with van der Waals surface area (Å²) in [6.45, 7) is 19.7. The number of para-hydroxylation sites is 2. The number of fused-ring (bicyclic) bond motifs is 3. The summed E-state index contributed by atoms with van der Waals surface area (Å²) in [6, 6.07) is 45.7. The average molecular weight is 929 g/mol. The summed E-state index contributed by atoms with van der Waals surface area (Å²) >= 11 is 0. The van der Waals surface area contributed by atoms with E-state index >= 15 is 0 Å². The van der Waals surface area contributed by atoms with Crippen LogP contribution in [0.5, 0.6) is 0 Å². The second kappa shape index (κ2) is 16.1. The van der Waals surface area contributed by atoms with E-state index in [1.54, 1.807) is 18.3 Å². The largest absolute Gasteiger partial charge is 0.338 e. The average Bonchev–Trinajstić information content (AvgIpc) is 4.11. The molecule has 0 unspecified atom stereocenters. The van der Waals surface area contributed by atoms with Crippen LogP contribution in [0.15, 0.2) is 171 Å². The fourth-order valence-electron chi connectivity index (χ4n) is 7.73. The van der Waals surface area contributed by atoms with Crippen LogP contribution < -0.4 is 4.57 Å². The summed E-state index contributed by atoms with van der Waals surface area (Å²) in [5.41, 5.74) is 13.6. The van der Waals surface area contributed by atoms with Crippen molar-refractivity contribution in [3.05, 3.63) is 216 Å². The molecule has 8 nitrogen and oxygen atoms in total. The van der Waals surface area contributed by atoms with Gasteiger partial charge in [0.2, 0.25) is 0 Å². The molecule has 1 radical (unpaired) electrons. The van der Waals surface area contributed by atoms with Gasteiger partial charge in [-0.25, -0.2) is 9.41 Å². The number of benzene rings is 5. The first kappa shape index (κ1) is 37.6. The first-order chi connectivity index (χ1) is 28.0. The standard InChI is InChI=1S/C27H19N4.C22H17N4.Ir/c1-28-22-13-12-21-17-29-14-15-31(27(29)24(21)16-22)26-19-30(23-10-6-3-7-11-23)18-25(26)20-8-4-2-5-9-20;1-16-15-26(20-10-5-4-6-11-20)17(2)21(16)25-13-12-24-22(25)18-8-7-9-19(14-18)23-3;/h2-16,18-19H,17H2;4-7,9-15H,1-2H3;/q+1;-1;. The van der Waals surface area contributed by atoms with Gasteiger partial charge >= 0.3 is 0 Å². The molecule has 0 aliphatic carbocycles. The van der Waals surface area contributed by atoms with Crippen molar-refractivity contribution < 1.29 is 24.7 Å². The molecule has 9 aromatic rings. The van der Waals surface area contributed by atoms with Gasteiger partial charge in [0.15, 0.2) is 11.4 Å². The fraction of sp³-hybridized carbons (Fsp3) is 0.0612. The smallest absolute Gasteiger partial charge is 0.293 e. The zero-order chi connectivity index (χ0) is 38.9. The molecule has 0 bridgehead atoms. The van der Waals surface area contributed by atoms with Gasteiger partial charge < -0.3 is 13.7 Å². The van der Waals surface area contributed by atoms with Crippen molar-refractivity contribution in [3.8, 4) is 56.7 Å². The zero-order valence-electron chi connectivity index (χ0n) is 31.8. The second-order valence-corrected chi connectivity index (χ2v) is 13.9. The zero-order valence-corrected chi connectivity index (χ0v) is 34.2. The molecule has 1 aliphatic rings. The van der Waals surface area contributed by atoms with Crippen molar-refractivity contribution in [2.24, 2.45) is 0 Å². The van der Waals surface area contributed by atoms with Gasteiger partial charge in [-0.05, 0) is 55.3 Å². The normalized spacial score (nSPS) is 11.0. The SMILES string of the molecule is [C-]#[N+]c1cc[c-]c(-c2nccn2-c2c(C)cn(-c3ccccc3)c2C)c1.[C-]#[N+]c1ccc2c(c1)-c1n(-c3cn(-c4ccccc4)cc3-c3ccccc3)cc[n+]1C2.[Ir]. The number of aromatic nitrogens is 6. The number of imidazole rings is 2. The van der Waals surface area contributed by atoms with Crippen LogP contribution in [0.2, 0.25) is 0 Å². The minimum Gasteiger partial charge on any atom is -0.338 e. The van der Waals surface area contributed by atoms with Gasteiger partial charge in [0.25, 0.3) is 5.82 Å². The van der Waals surface area contributed by atoms with Crippen molar-refractivity contribution in [3.63, 3.8) is 0 Å². The Hall–Kier alpha value is -7.29. The van der Waals surface area contributed by atoms with Crippen LogP contribution in [0.1, 0.15) is 16.8 Å². The van der Waals surface area contributed by atoms with E-state index in [2.05, 4.69) is 155 Å². The quantitative estimate of drug-likeness (QED) is 0.121. The molecule has 1 aliphatic heterocycles. The van der Waals surface area contributed by atoms with Crippen LogP contribution in [0.25, 0.3) is 66.3 Å². The van der Waals surface area contributed by atoms with Gasteiger partial charge in [-0.2, -0.15) is 10.6 Å². The molecule has 281 valence electrons. The molecule has 0 N–H and O–H groups in total. The first-order valence-electron chi connectivity index (χ1n) is 18.6. The van der Waals surface area contributed by atoms with Crippen LogP contribution in [0.3, 0.4) is 0 Å². The molecule has 10 rings (SSSR count). The van der Waals surface area contributed by atoms with Gasteiger partial charge in [0.05, 0.1) is 36.4 Å². The van der Waals surface area contributed by atoms with Crippen molar-refractivity contribution >= 4 is 11.4 Å². The van der Waals surface area contributed by atoms with E-state index < -0.39 is 0 Å². The Morgan fingerprint density at radius 1 is 0.690 bits per heavy atom. The number of hydrogen-bond acceptors (Lipinski definition) is 1. The molecule has 9 heteroatoms. The van der Waals surface area contributed by atoms with Gasteiger partial charge in [-0.1, -0.05) is 78.9 Å². The van der Waals surface area contributed by atoms with E-state index in [0.717, 1.165) is 63.3 Å². The third-order valence-corrected chi connectivity index (χ3v) is 10.4. The number of hydrogen-bond donors (Lipinski definition) is 0. The Morgan fingerprint density at radius 2 is 1.38 bits per heavy atom. The summed E-state index contributed by atoms with van der Waals surface area (Å²) in [5, 5.41) is 0. The van der Waals surface area contributed by atoms with Crippen LogP contribution >= 0.6 is 0 Å². The van der Waals surface area contributed by atoms with Crippen LogP contribution in [0, 0.1) is 33.1 Å². The van der Waals surface area contributed by atoms with Crippen molar-refractivity contribution in [2.45, 2.75) is 20.4 Å². The van der Waals surface area contributed by atoms with Crippen LogP contribution in [0.4, 0.5) is 11.4 Å². The Balaban J connectivity index is 0.000000162. The van der Waals surface area contributed by atoms with E-state index in [-0.39, 0.29) is 20.1 Å². The second-order valence-electron chi connectivity index (χ2n) is 13.9. The molecule has 4 aromatic heterocycles. The van der Waals surface area contributed by atoms with E-state index in [0.29, 0.717) is 11.4 Å². The molecule has 0 saturated heterocycles. The third-order valence-electron chi connectivity index (χ3n) is 10.4. The Morgan fingerprint density at radius 3 is 2.10 bits per heavy atom.